The van der Waals surface area contributed by atoms with Crippen LogP contribution in [0.4, 0.5) is 13.9 Å². The molecule has 39 heavy (non-hydrogen) atoms. The van der Waals surface area contributed by atoms with Crippen molar-refractivity contribution in [3.8, 4) is 0 Å². The van der Waals surface area contributed by atoms with Gasteiger partial charge in [-0.05, 0) is 73.2 Å². The van der Waals surface area contributed by atoms with Crippen LogP contribution in [0.3, 0.4) is 0 Å². The van der Waals surface area contributed by atoms with Crippen LogP contribution >= 0.6 is 23.1 Å². The smallest absolute Gasteiger partial charge is 0.230 e. The summed E-state index contributed by atoms with van der Waals surface area (Å²) in [7, 11) is 0. The molecule has 0 aliphatic carbocycles. The molecule has 0 fully saturated rings. The van der Waals surface area contributed by atoms with Gasteiger partial charge in [-0.3, -0.25) is 0 Å². The van der Waals surface area contributed by atoms with Gasteiger partial charge < -0.3 is 5.73 Å². The second-order valence-electron chi connectivity index (χ2n) is 9.44. The third kappa shape index (κ3) is 4.99. The predicted octanol–water partition coefficient (Wildman–Crippen LogP) is 7.15. The highest BCUT2D eigenvalue weighted by Gasteiger charge is 2.54. The Bertz CT molecular complexity index is 1500. The van der Waals surface area contributed by atoms with E-state index in [-0.39, 0.29) is 11.5 Å². The summed E-state index contributed by atoms with van der Waals surface area (Å²) >= 11 is 2.87. The second-order valence-corrected chi connectivity index (χ2v) is 11.8. The number of hydrogen-bond donors (Lipinski definition) is 1. The fraction of sp³-hybridized carbons (Fsp3) is 0.300. The minimum atomic E-state index is -0.878. The van der Waals surface area contributed by atoms with Crippen LogP contribution in [0.1, 0.15) is 59.0 Å². The van der Waals surface area contributed by atoms with Gasteiger partial charge in [0.2, 0.25) is 5.13 Å². The molecule has 0 radical (unpaired) electrons. The minimum absolute atomic E-state index is 0.123. The van der Waals surface area contributed by atoms with Crippen molar-refractivity contribution in [2.75, 3.05) is 11.6 Å². The van der Waals surface area contributed by atoms with E-state index in [4.69, 9.17) is 10.8 Å². The molecule has 2 atom stereocenters. The van der Waals surface area contributed by atoms with E-state index < -0.39 is 16.5 Å². The van der Waals surface area contributed by atoms with Gasteiger partial charge in [0.05, 0.1) is 0 Å². The Labute approximate surface area is 236 Å². The molecule has 0 saturated carbocycles. The molecular formula is C30H31F2N5S2. The molecule has 0 bridgehead atoms. The van der Waals surface area contributed by atoms with Crippen LogP contribution in [-0.2, 0) is 17.7 Å². The molecule has 2 heterocycles. The van der Waals surface area contributed by atoms with Crippen molar-refractivity contribution in [1.29, 1.82) is 0 Å². The van der Waals surface area contributed by atoms with Gasteiger partial charge in [0.1, 0.15) is 26.6 Å². The molecule has 202 valence electrons. The summed E-state index contributed by atoms with van der Waals surface area (Å²) in [6.45, 7) is 6.60. The first-order valence-electron chi connectivity index (χ1n) is 13.1. The van der Waals surface area contributed by atoms with E-state index in [9.17, 15) is 4.39 Å². The lowest BCUT2D eigenvalue weighted by Gasteiger charge is -2.43. The Morgan fingerprint density at radius 3 is 2.36 bits per heavy atom. The molecule has 5 nitrogen and oxygen atoms in total. The third-order valence-corrected chi connectivity index (χ3v) is 9.43. The number of aromatic nitrogens is 2. The summed E-state index contributed by atoms with van der Waals surface area (Å²) in [4.78, 5) is -0.878. The number of anilines is 1. The van der Waals surface area contributed by atoms with Gasteiger partial charge in [-0.2, -0.15) is 5.10 Å². The van der Waals surface area contributed by atoms with Gasteiger partial charge >= 0.3 is 0 Å². The normalized spacial score (nSPS) is 17.9. The molecule has 2 N–H and O–H groups in total. The zero-order chi connectivity index (χ0) is 27.6. The summed E-state index contributed by atoms with van der Waals surface area (Å²) < 4.78 is 29.6. The van der Waals surface area contributed by atoms with E-state index in [1.165, 1.54) is 34.7 Å². The molecule has 1 aliphatic rings. The number of thioether (sulfide) groups is 1. The lowest BCUT2D eigenvalue weighted by Crippen LogP contribution is -2.44. The van der Waals surface area contributed by atoms with Crippen LogP contribution in [0.2, 0.25) is 0 Å². The number of nitrogens with two attached hydrogens (primary N) is 1. The van der Waals surface area contributed by atoms with Gasteiger partial charge in [-0.15, -0.1) is 10.2 Å². The van der Waals surface area contributed by atoms with E-state index in [2.05, 4.69) is 48.3 Å². The highest BCUT2D eigenvalue weighted by Crippen LogP contribution is 2.59. The maximum Gasteiger partial charge on any atom is 0.230 e. The molecule has 0 spiro atoms. The van der Waals surface area contributed by atoms with Crippen LogP contribution in [0.15, 0.2) is 71.8 Å². The van der Waals surface area contributed by atoms with E-state index in [1.54, 1.807) is 0 Å². The van der Waals surface area contributed by atoms with Gasteiger partial charge in [-0.1, -0.05) is 85.5 Å². The molecule has 9 heteroatoms. The van der Waals surface area contributed by atoms with Crippen LogP contribution in [0, 0.1) is 18.6 Å². The molecule has 0 amide bonds. The predicted molar refractivity (Wildman–Crippen MR) is 157 cm³/mol. The third-order valence-electron chi connectivity index (χ3n) is 7.14. The van der Waals surface area contributed by atoms with Crippen molar-refractivity contribution in [3.05, 3.63) is 111 Å². The Kier molecular flexibility index (Phi) is 8.11. The highest BCUT2D eigenvalue weighted by molar-refractivity contribution is 8.15. The average molecular weight is 564 g/mol. The summed E-state index contributed by atoms with van der Waals surface area (Å²) in [5, 5.41) is 17.5. The Balaban J connectivity index is 1.85. The van der Waals surface area contributed by atoms with E-state index in [1.807, 2.05) is 36.2 Å². The minimum Gasteiger partial charge on any atom is -0.330 e. The number of hydrazone groups is 1. The van der Waals surface area contributed by atoms with Crippen molar-refractivity contribution in [2.45, 2.75) is 50.8 Å². The molecular weight excluding hydrogens is 532 g/mol. The SMILES string of the molecule is CCc1ccccc1C(CCN)C1(c2ccccc2CC)SC(c2cc(F)ccc2F)=NN1c1nnc(C)s1. The average Bonchev–Trinajstić information content (AvgIpc) is 3.57. The molecule has 1 aliphatic heterocycles. The molecule has 3 aromatic carbocycles. The maximum absolute atomic E-state index is 15.2. The summed E-state index contributed by atoms with van der Waals surface area (Å²) in [6.07, 6.45) is 2.28. The van der Waals surface area contributed by atoms with E-state index in [0.717, 1.165) is 46.7 Å². The van der Waals surface area contributed by atoms with Crippen LogP contribution in [-0.4, -0.2) is 21.8 Å². The second kappa shape index (κ2) is 11.5. The lowest BCUT2D eigenvalue weighted by atomic mass is 9.79. The fourth-order valence-corrected chi connectivity index (χ4v) is 7.73. The van der Waals surface area contributed by atoms with Crippen LogP contribution < -0.4 is 10.7 Å². The highest BCUT2D eigenvalue weighted by atomic mass is 32.2. The first kappa shape index (κ1) is 27.4. The molecule has 2 unspecified atom stereocenters. The topological polar surface area (TPSA) is 67.4 Å². The monoisotopic (exact) mass is 563 g/mol. The number of nitrogens with zero attached hydrogens (tertiary/aromatic N) is 4. The first-order valence-corrected chi connectivity index (χ1v) is 14.8. The Morgan fingerprint density at radius 1 is 0.949 bits per heavy atom. The molecule has 1 aromatic heterocycles. The zero-order valence-electron chi connectivity index (χ0n) is 22.2. The van der Waals surface area contributed by atoms with Gasteiger partial charge in [0, 0.05) is 11.5 Å². The number of halogens is 2. The first-order chi connectivity index (χ1) is 18.9. The molecule has 0 saturated heterocycles. The van der Waals surface area contributed by atoms with Gasteiger partial charge in [-0.25, -0.2) is 13.8 Å². The lowest BCUT2D eigenvalue weighted by molar-refractivity contribution is 0.447. The molecule has 5 rings (SSSR count). The maximum atomic E-state index is 15.2. The van der Waals surface area contributed by atoms with Crippen molar-refractivity contribution in [3.63, 3.8) is 0 Å². The Hall–Kier alpha value is -3.14. The van der Waals surface area contributed by atoms with Crippen molar-refractivity contribution >= 4 is 33.3 Å². The van der Waals surface area contributed by atoms with Crippen molar-refractivity contribution in [1.82, 2.24) is 10.2 Å². The number of benzene rings is 3. The number of rotatable bonds is 9. The van der Waals surface area contributed by atoms with Gasteiger partial charge in [0.15, 0.2) is 0 Å². The van der Waals surface area contributed by atoms with E-state index >= 15 is 4.39 Å². The van der Waals surface area contributed by atoms with Crippen LogP contribution in [0.5, 0.6) is 0 Å². The largest absolute Gasteiger partial charge is 0.330 e. The number of aryl methyl sites for hydroxylation is 3. The quantitative estimate of drug-likeness (QED) is 0.234. The standard InChI is InChI=1S/C30H31F2N5S2/c1-4-20-10-6-8-12-23(20)26(16-17-33)30(25-13-9-7-11-21(25)5-2)37(29-35-34-19(3)38-29)36-28(39-30)24-18-22(31)14-15-27(24)32/h6-15,18,26H,4-5,16-17,33H2,1-3H3. The van der Waals surface area contributed by atoms with Crippen LogP contribution in [0.25, 0.3) is 0 Å². The zero-order valence-corrected chi connectivity index (χ0v) is 23.8. The van der Waals surface area contributed by atoms with Crippen molar-refractivity contribution in [2.24, 2.45) is 10.8 Å². The van der Waals surface area contributed by atoms with E-state index in [0.29, 0.717) is 23.1 Å². The summed E-state index contributed by atoms with van der Waals surface area (Å²) in [5.41, 5.74) is 11.0. The Morgan fingerprint density at radius 2 is 1.67 bits per heavy atom. The van der Waals surface area contributed by atoms with Gasteiger partial charge in [0.25, 0.3) is 0 Å². The number of hydrogen-bond acceptors (Lipinski definition) is 7. The molecule has 4 aromatic rings. The summed E-state index contributed by atoms with van der Waals surface area (Å²) in [6, 6.07) is 20.2. The fourth-order valence-electron chi connectivity index (χ4n) is 5.38. The van der Waals surface area contributed by atoms with Crippen molar-refractivity contribution < 1.29 is 8.78 Å². The summed E-state index contributed by atoms with van der Waals surface area (Å²) in [5.74, 6) is -1.20.